The van der Waals surface area contributed by atoms with Gasteiger partial charge in [0.2, 0.25) is 0 Å². The zero-order chi connectivity index (χ0) is 15.2. The van der Waals surface area contributed by atoms with Gasteiger partial charge in [-0.2, -0.15) is 0 Å². The smallest absolute Gasteiger partial charge is 0.321 e. The summed E-state index contributed by atoms with van der Waals surface area (Å²) in [5, 5.41) is 21.4. The summed E-state index contributed by atoms with van der Waals surface area (Å²) in [5.74, 6) is -1.13. The lowest BCUT2D eigenvalue weighted by molar-refractivity contribution is -0.139. The Bertz CT molecular complexity index is 596. The number of aliphatic carboxylic acids is 1. The van der Waals surface area contributed by atoms with Crippen molar-refractivity contribution in [2.45, 2.75) is 19.0 Å². The lowest BCUT2D eigenvalue weighted by Gasteiger charge is -2.14. The molecular weight excluding hydrogens is 273 g/mol. The van der Waals surface area contributed by atoms with Gasteiger partial charge in [0, 0.05) is 6.54 Å². The second kappa shape index (κ2) is 6.85. The Labute approximate surface area is 121 Å². The van der Waals surface area contributed by atoms with E-state index in [-0.39, 0.29) is 11.6 Å². The molecule has 1 atom stereocenters. The summed E-state index contributed by atoms with van der Waals surface area (Å²) < 4.78 is 12.8. The maximum atomic E-state index is 12.8. The number of hydrogen-bond donors (Lipinski definition) is 3. The quantitative estimate of drug-likeness (QED) is 0.763. The van der Waals surface area contributed by atoms with Gasteiger partial charge in [-0.05, 0) is 41.8 Å². The summed E-state index contributed by atoms with van der Waals surface area (Å²) in [4.78, 5) is 11.3. The second-order valence-corrected chi connectivity index (χ2v) is 4.77. The molecule has 0 saturated carbocycles. The Hall–Kier alpha value is -2.40. The molecule has 0 spiro atoms. The van der Waals surface area contributed by atoms with Gasteiger partial charge in [-0.15, -0.1) is 0 Å². The highest BCUT2D eigenvalue weighted by Gasteiger charge is 2.17. The average molecular weight is 289 g/mol. The molecule has 2 rings (SSSR count). The number of nitrogens with one attached hydrogen (secondary N) is 1. The normalized spacial score (nSPS) is 12.0. The minimum absolute atomic E-state index is 0.143. The van der Waals surface area contributed by atoms with Crippen LogP contribution >= 0.6 is 0 Å². The first-order chi connectivity index (χ1) is 10.0. The zero-order valence-electron chi connectivity index (χ0n) is 11.3. The molecule has 21 heavy (non-hydrogen) atoms. The molecule has 1 unspecified atom stereocenters. The summed E-state index contributed by atoms with van der Waals surface area (Å²) in [5.41, 5.74) is 1.63. The number of halogens is 1. The van der Waals surface area contributed by atoms with Gasteiger partial charge in [-0.25, -0.2) is 4.39 Å². The molecule has 0 aliphatic heterocycles. The van der Waals surface area contributed by atoms with Crippen molar-refractivity contribution in [1.82, 2.24) is 5.32 Å². The fraction of sp³-hybridized carbons (Fsp3) is 0.188. The van der Waals surface area contributed by atoms with Crippen LogP contribution in [-0.2, 0) is 17.8 Å². The minimum atomic E-state index is -0.954. The van der Waals surface area contributed by atoms with E-state index in [1.807, 2.05) is 0 Å². The van der Waals surface area contributed by atoms with Gasteiger partial charge in [0.1, 0.15) is 17.6 Å². The summed E-state index contributed by atoms with van der Waals surface area (Å²) >= 11 is 0. The number of carboxylic acids is 1. The van der Waals surface area contributed by atoms with Crippen LogP contribution < -0.4 is 5.32 Å². The van der Waals surface area contributed by atoms with Gasteiger partial charge in [0.05, 0.1) is 0 Å². The molecule has 2 aromatic carbocycles. The van der Waals surface area contributed by atoms with E-state index >= 15 is 0 Å². The number of carbonyl (C=O) groups is 1. The van der Waals surface area contributed by atoms with Crippen LogP contribution in [0.5, 0.6) is 5.75 Å². The molecule has 0 aromatic heterocycles. The molecule has 5 heteroatoms. The van der Waals surface area contributed by atoms with Crippen LogP contribution in [0.3, 0.4) is 0 Å². The van der Waals surface area contributed by atoms with Gasteiger partial charge in [-0.3, -0.25) is 4.79 Å². The predicted molar refractivity (Wildman–Crippen MR) is 76.5 cm³/mol. The molecule has 0 aliphatic rings. The highest BCUT2D eigenvalue weighted by atomic mass is 19.1. The zero-order valence-corrected chi connectivity index (χ0v) is 11.3. The molecule has 4 nitrogen and oxygen atoms in total. The van der Waals surface area contributed by atoms with Crippen molar-refractivity contribution in [3.05, 3.63) is 65.5 Å². The monoisotopic (exact) mass is 289 g/mol. The molecular formula is C16H16FNO3. The van der Waals surface area contributed by atoms with E-state index in [0.29, 0.717) is 13.0 Å². The fourth-order valence-corrected chi connectivity index (χ4v) is 1.96. The van der Waals surface area contributed by atoms with Gasteiger partial charge in [0.25, 0.3) is 0 Å². The van der Waals surface area contributed by atoms with Gasteiger partial charge < -0.3 is 15.5 Å². The number of benzene rings is 2. The van der Waals surface area contributed by atoms with Crippen LogP contribution in [-0.4, -0.2) is 22.2 Å². The standard InChI is InChI=1S/C16H16FNO3/c17-13-5-1-12(2-6-13)10-18-15(16(20)21)9-11-3-7-14(19)8-4-11/h1-8,15,18-19H,9-10H2,(H,20,21). The molecule has 110 valence electrons. The number of hydrogen-bond acceptors (Lipinski definition) is 3. The molecule has 2 aromatic rings. The van der Waals surface area contributed by atoms with E-state index in [1.165, 1.54) is 24.3 Å². The van der Waals surface area contributed by atoms with E-state index < -0.39 is 12.0 Å². The van der Waals surface area contributed by atoms with Crippen molar-refractivity contribution < 1.29 is 19.4 Å². The van der Waals surface area contributed by atoms with Gasteiger partial charge >= 0.3 is 5.97 Å². The maximum absolute atomic E-state index is 12.8. The van der Waals surface area contributed by atoms with E-state index in [1.54, 1.807) is 24.3 Å². The van der Waals surface area contributed by atoms with E-state index in [2.05, 4.69) is 5.32 Å². The number of phenolic OH excluding ortho intramolecular Hbond substituents is 1. The molecule has 0 bridgehead atoms. The van der Waals surface area contributed by atoms with Crippen molar-refractivity contribution in [1.29, 1.82) is 0 Å². The van der Waals surface area contributed by atoms with Gasteiger partial charge in [-0.1, -0.05) is 24.3 Å². The highest BCUT2D eigenvalue weighted by Crippen LogP contribution is 2.12. The second-order valence-electron chi connectivity index (χ2n) is 4.77. The fourth-order valence-electron chi connectivity index (χ4n) is 1.96. The van der Waals surface area contributed by atoms with Crippen molar-refractivity contribution in [2.24, 2.45) is 0 Å². The predicted octanol–water partition coefficient (Wildman–Crippen LogP) is 2.32. The minimum Gasteiger partial charge on any atom is -0.508 e. The first-order valence-electron chi connectivity index (χ1n) is 6.53. The molecule has 0 saturated heterocycles. The van der Waals surface area contributed by atoms with Crippen LogP contribution in [0.4, 0.5) is 4.39 Å². The number of aromatic hydroxyl groups is 1. The average Bonchev–Trinajstić information content (AvgIpc) is 2.47. The van der Waals surface area contributed by atoms with Crippen LogP contribution in [0.25, 0.3) is 0 Å². The molecule has 0 amide bonds. The first kappa shape index (κ1) is 15.0. The Morgan fingerprint density at radius 1 is 1.05 bits per heavy atom. The molecule has 0 heterocycles. The molecule has 3 N–H and O–H groups in total. The largest absolute Gasteiger partial charge is 0.508 e. The SMILES string of the molecule is O=C(O)C(Cc1ccc(O)cc1)NCc1ccc(F)cc1. The lowest BCUT2D eigenvalue weighted by atomic mass is 10.1. The van der Waals surface area contributed by atoms with Crippen molar-refractivity contribution >= 4 is 5.97 Å². The third-order valence-electron chi connectivity index (χ3n) is 3.14. The van der Waals surface area contributed by atoms with E-state index in [0.717, 1.165) is 11.1 Å². The van der Waals surface area contributed by atoms with Crippen LogP contribution in [0.1, 0.15) is 11.1 Å². The lowest BCUT2D eigenvalue weighted by Crippen LogP contribution is -2.38. The van der Waals surface area contributed by atoms with Crippen molar-refractivity contribution in [3.63, 3.8) is 0 Å². The van der Waals surface area contributed by atoms with Crippen molar-refractivity contribution in [2.75, 3.05) is 0 Å². The summed E-state index contributed by atoms with van der Waals surface area (Å²) in [6.45, 7) is 0.343. The topological polar surface area (TPSA) is 69.6 Å². The molecule has 0 fully saturated rings. The van der Waals surface area contributed by atoms with Crippen LogP contribution in [0.15, 0.2) is 48.5 Å². The van der Waals surface area contributed by atoms with Gasteiger partial charge in [0.15, 0.2) is 0 Å². The Morgan fingerprint density at radius 3 is 2.19 bits per heavy atom. The first-order valence-corrected chi connectivity index (χ1v) is 6.53. The molecule has 0 radical (unpaired) electrons. The number of phenols is 1. The summed E-state index contributed by atoms with van der Waals surface area (Å²) in [6.07, 6.45) is 0.302. The van der Waals surface area contributed by atoms with E-state index in [4.69, 9.17) is 0 Å². The summed E-state index contributed by atoms with van der Waals surface area (Å²) in [7, 11) is 0. The third kappa shape index (κ3) is 4.57. The van der Waals surface area contributed by atoms with E-state index in [9.17, 15) is 19.4 Å². The maximum Gasteiger partial charge on any atom is 0.321 e. The number of carboxylic acid groups (broad SMARTS) is 1. The van der Waals surface area contributed by atoms with Crippen molar-refractivity contribution in [3.8, 4) is 5.75 Å². The Balaban J connectivity index is 1.97. The Kier molecular flexibility index (Phi) is 4.90. The highest BCUT2D eigenvalue weighted by molar-refractivity contribution is 5.73. The third-order valence-corrected chi connectivity index (χ3v) is 3.14. The summed E-state index contributed by atoms with van der Waals surface area (Å²) in [6, 6.07) is 11.6. The van der Waals surface area contributed by atoms with Crippen LogP contribution in [0.2, 0.25) is 0 Å². The van der Waals surface area contributed by atoms with Crippen LogP contribution in [0, 0.1) is 5.82 Å². The number of rotatable bonds is 6. The molecule has 0 aliphatic carbocycles. The Morgan fingerprint density at radius 2 is 1.62 bits per heavy atom.